The monoisotopic (exact) mass is 324 g/mol. The Labute approximate surface area is 130 Å². The number of carboxylic acids is 1. The molecule has 0 fully saturated rings. The molecule has 0 aliphatic carbocycles. The molecule has 2 N–H and O–H groups in total. The van der Waals surface area contributed by atoms with Crippen molar-refractivity contribution in [2.45, 2.75) is 12.8 Å². The number of hydrogen-bond donors (Lipinski definition) is 2. The second kappa shape index (κ2) is 7.19. The van der Waals surface area contributed by atoms with E-state index in [-0.39, 0.29) is 18.0 Å². The van der Waals surface area contributed by atoms with Gasteiger partial charge in [0.1, 0.15) is 0 Å². The van der Waals surface area contributed by atoms with E-state index in [2.05, 4.69) is 10.3 Å². The average molecular weight is 325 g/mol. The summed E-state index contributed by atoms with van der Waals surface area (Å²) < 4.78 is 0. The number of carbonyl (C=O) groups is 2. The third-order valence-corrected chi connectivity index (χ3v) is 3.87. The third kappa shape index (κ3) is 4.84. The van der Waals surface area contributed by atoms with Gasteiger partial charge in [0, 0.05) is 23.4 Å². The van der Waals surface area contributed by atoms with Crippen molar-refractivity contribution >= 4 is 34.8 Å². The minimum Gasteiger partial charge on any atom is -0.476 e. The molecule has 2 aromatic rings. The second-order valence-corrected chi connectivity index (χ2v) is 5.71. The van der Waals surface area contributed by atoms with E-state index >= 15 is 0 Å². The van der Waals surface area contributed by atoms with Gasteiger partial charge in [-0.15, -0.1) is 11.3 Å². The van der Waals surface area contributed by atoms with Crippen molar-refractivity contribution in [2.24, 2.45) is 0 Å². The maximum Gasteiger partial charge on any atom is 0.355 e. The maximum absolute atomic E-state index is 11.7. The Balaban J connectivity index is 1.76. The molecule has 1 heterocycles. The van der Waals surface area contributed by atoms with Gasteiger partial charge in [-0.25, -0.2) is 9.78 Å². The number of nitrogens with zero attached hydrogens (tertiary/aromatic N) is 1. The molecular weight excluding hydrogens is 312 g/mol. The summed E-state index contributed by atoms with van der Waals surface area (Å²) in [5, 5.41) is 14.4. The molecule has 1 amide bonds. The van der Waals surface area contributed by atoms with Gasteiger partial charge in [0.15, 0.2) is 5.69 Å². The average Bonchev–Trinajstić information content (AvgIpc) is 2.90. The number of hydrogen-bond acceptors (Lipinski definition) is 4. The minimum absolute atomic E-state index is 0.0440. The maximum atomic E-state index is 11.7. The number of thiazole rings is 1. The number of halogens is 1. The summed E-state index contributed by atoms with van der Waals surface area (Å²) in [5.74, 6) is -1.13. The van der Waals surface area contributed by atoms with Crippen LogP contribution in [0.2, 0.25) is 5.02 Å². The molecule has 0 aliphatic heterocycles. The van der Waals surface area contributed by atoms with Gasteiger partial charge in [-0.05, 0) is 17.7 Å². The number of nitrogens with one attached hydrogen (secondary N) is 1. The number of carbonyl (C=O) groups excluding carboxylic acids is 1. The molecule has 0 aliphatic rings. The predicted molar refractivity (Wildman–Crippen MR) is 80.9 cm³/mol. The Hall–Kier alpha value is -1.92. The van der Waals surface area contributed by atoms with Crippen molar-refractivity contribution in [3.63, 3.8) is 0 Å². The van der Waals surface area contributed by atoms with E-state index in [0.717, 1.165) is 5.56 Å². The molecule has 1 aromatic heterocycles. The summed E-state index contributed by atoms with van der Waals surface area (Å²) in [7, 11) is 0. The first-order valence-electron chi connectivity index (χ1n) is 6.23. The van der Waals surface area contributed by atoms with Crippen LogP contribution >= 0.6 is 22.9 Å². The molecule has 2 rings (SSSR count). The highest BCUT2D eigenvalue weighted by atomic mass is 35.5. The lowest BCUT2D eigenvalue weighted by molar-refractivity contribution is -0.120. The van der Waals surface area contributed by atoms with Crippen LogP contribution < -0.4 is 5.32 Å². The number of carboxylic acid groups (broad SMARTS) is 1. The zero-order valence-electron chi connectivity index (χ0n) is 11.0. The van der Waals surface area contributed by atoms with Crippen molar-refractivity contribution < 1.29 is 14.7 Å². The SMILES string of the molecule is O=C(Cc1ccc(Cl)cc1)NCCc1nc(C(=O)O)cs1. The fourth-order valence-corrected chi connectivity index (χ4v) is 2.58. The molecule has 0 saturated carbocycles. The van der Waals surface area contributed by atoms with Crippen LogP contribution in [0.3, 0.4) is 0 Å². The van der Waals surface area contributed by atoms with Gasteiger partial charge in [0.05, 0.1) is 11.4 Å². The number of rotatable bonds is 6. The standard InChI is InChI=1S/C14H13ClN2O3S/c15-10-3-1-9(2-4-10)7-12(18)16-6-5-13-17-11(8-21-13)14(19)20/h1-4,8H,5-7H2,(H,16,18)(H,19,20). The van der Waals surface area contributed by atoms with Gasteiger partial charge >= 0.3 is 5.97 Å². The van der Waals surface area contributed by atoms with E-state index in [1.807, 2.05) is 12.1 Å². The normalized spacial score (nSPS) is 10.3. The molecule has 0 unspecified atom stereocenters. The first-order valence-corrected chi connectivity index (χ1v) is 7.49. The topological polar surface area (TPSA) is 79.3 Å². The Morgan fingerprint density at radius 3 is 2.62 bits per heavy atom. The van der Waals surface area contributed by atoms with Crippen LogP contribution in [0.5, 0.6) is 0 Å². The van der Waals surface area contributed by atoms with Crippen LogP contribution in [-0.4, -0.2) is 28.5 Å². The summed E-state index contributed by atoms with van der Waals surface area (Å²) in [5.41, 5.74) is 0.932. The van der Waals surface area contributed by atoms with Crippen molar-refractivity contribution in [3.8, 4) is 0 Å². The molecule has 110 valence electrons. The van der Waals surface area contributed by atoms with Gasteiger partial charge < -0.3 is 10.4 Å². The van der Waals surface area contributed by atoms with Crippen LogP contribution in [0.15, 0.2) is 29.6 Å². The molecule has 1 aromatic carbocycles. The van der Waals surface area contributed by atoms with E-state index < -0.39 is 5.97 Å². The lowest BCUT2D eigenvalue weighted by Gasteiger charge is -2.04. The number of aromatic nitrogens is 1. The molecule has 0 radical (unpaired) electrons. The molecular formula is C14H13ClN2O3S. The van der Waals surface area contributed by atoms with Crippen molar-refractivity contribution in [3.05, 3.63) is 50.9 Å². The fraction of sp³-hybridized carbons (Fsp3) is 0.214. The van der Waals surface area contributed by atoms with Gasteiger partial charge in [-0.2, -0.15) is 0 Å². The molecule has 5 nitrogen and oxygen atoms in total. The first kappa shape index (κ1) is 15.5. The van der Waals surface area contributed by atoms with Gasteiger partial charge in [0.25, 0.3) is 0 Å². The summed E-state index contributed by atoms with van der Waals surface area (Å²) in [4.78, 5) is 26.4. The highest BCUT2D eigenvalue weighted by Gasteiger charge is 2.09. The quantitative estimate of drug-likeness (QED) is 0.855. The van der Waals surface area contributed by atoms with Crippen molar-refractivity contribution in [1.29, 1.82) is 0 Å². The Bertz CT molecular complexity index is 640. The van der Waals surface area contributed by atoms with Crippen LogP contribution in [0.1, 0.15) is 21.1 Å². The predicted octanol–water partition coefficient (Wildman–Crippen LogP) is 2.40. The highest BCUT2D eigenvalue weighted by Crippen LogP contribution is 2.11. The van der Waals surface area contributed by atoms with E-state index in [4.69, 9.17) is 16.7 Å². The first-order chi connectivity index (χ1) is 10.0. The van der Waals surface area contributed by atoms with Gasteiger partial charge in [0.2, 0.25) is 5.91 Å². The molecule has 0 bridgehead atoms. The Kier molecular flexibility index (Phi) is 5.30. The van der Waals surface area contributed by atoms with E-state index in [1.165, 1.54) is 16.7 Å². The highest BCUT2D eigenvalue weighted by molar-refractivity contribution is 7.09. The molecule has 0 spiro atoms. The third-order valence-electron chi connectivity index (χ3n) is 2.71. The van der Waals surface area contributed by atoms with Crippen LogP contribution in [0.25, 0.3) is 0 Å². The van der Waals surface area contributed by atoms with E-state index in [1.54, 1.807) is 12.1 Å². The Morgan fingerprint density at radius 2 is 2.00 bits per heavy atom. The van der Waals surface area contributed by atoms with Crippen molar-refractivity contribution in [2.75, 3.05) is 6.54 Å². The second-order valence-electron chi connectivity index (χ2n) is 4.33. The summed E-state index contributed by atoms with van der Waals surface area (Å²) in [6.07, 6.45) is 0.805. The number of amides is 1. The summed E-state index contributed by atoms with van der Waals surface area (Å²) in [6.45, 7) is 0.430. The number of benzene rings is 1. The number of aromatic carboxylic acids is 1. The van der Waals surface area contributed by atoms with Gasteiger partial charge in [-0.1, -0.05) is 23.7 Å². The molecule has 7 heteroatoms. The van der Waals surface area contributed by atoms with Crippen LogP contribution in [-0.2, 0) is 17.6 Å². The fourth-order valence-electron chi connectivity index (χ4n) is 1.68. The zero-order valence-corrected chi connectivity index (χ0v) is 12.6. The smallest absolute Gasteiger partial charge is 0.355 e. The largest absolute Gasteiger partial charge is 0.476 e. The molecule has 0 atom stereocenters. The van der Waals surface area contributed by atoms with E-state index in [0.29, 0.717) is 23.0 Å². The van der Waals surface area contributed by atoms with Crippen LogP contribution in [0, 0.1) is 0 Å². The van der Waals surface area contributed by atoms with Crippen molar-refractivity contribution in [1.82, 2.24) is 10.3 Å². The lowest BCUT2D eigenvalue weighted by Crippen LogP contribution is -2.27. The lowest BCUT2D eigenvalue weighted by atomic mass is 10.1. The minimum atomic E-state index is -1.04. The summed E-state index contributed by atoms with van der Waals surface area (Å²) >= 11 is 7.05. The zero-order chi connectivity index (χ0) is 15.2. The summed E-state index contributed by atoms with van der Waals surface area (Å²) in [6, 6.07) is 7.10. The molecule has 21 heavy (non-hydrogen) atoms. The molecule has 0 saturated heterocycles. The van der Waals surface area contributed by atoms with E-state index in [9.17, 15) is 9.59 Å². The van der Waals surface area contributed by atoms with Crippen LogP contribution in [0.4, 0.5) is 0 Å². The van der Waals surface area contributed by atoms with Gasteiger partial charge in [-0.3, -0.25) is 4.79 Å². The Morgan fingerprint density at radius 1 is 1.29 bits per heavy atom.